The van der Waals surface area contributed by atoms with Crippen LogP contribution in [0.5, 0.6) is 0 Å². The van der Waals surface area contributed by atoms with Gasteiger partial charge in [-0.05, 0) is 33.6 Å². The predicted octanol–water partition coefficient (Wildman–Crippen LogP) is 3.03. The average molecular weight is 332 g/mol. The van der Waals surface area contributed by atoms with Gasteiger partial charge < -0.3 is 14.5 Å². The lowest BCUT2D eigenvalue weighted by Crippen LogP contribution is -2.58. The van der Waals surface area contributed by atoms with Crippen LogP contribution in [-0.4, -0.2) is 59.0 Å². The molecule has 1 atom stereocenters. The van der Waals surface area contributed by atoms with Crippen molar-refractivity contribution in [3.8, 4) is 0 Å². The number of hydrogen-bond acceptors (Lipinski definition) is 3. The fourth-order valence-corrected chi connectivity index (χ4v) is 3.14. The van der Waals surface area contributed by atoms with Gasteiger partial charge in [0.25, 0.3) is 5.92 Å². The fraction of sp³-hybridized carbons (Fsp3) is 0.875. The standard InChI is InChI=1S/C16H26F2N2O3/c1-15(2,3)23-14(22)19-10-12(9-16(17,18)11-19)20-8-6-4-5-7-13(20)21/h12H,4-11H2,1-3H3/t12-/m1/s1. The Morgan fingerprint density at radius 1 is 1.26 bits per heavy atom. The zero-order chi connectivity index (χ0) is 17.3. The molecule has 2 heterocycles. The van der Waals surface area contributed by atoms with Crippen LogP contribution in [0.15, 0.2) is 0 Å². The summed E-state index contributed by atoms with van der Waals surface area (Å²) in [5, 5.41) is 0. The van der Waals surface area contributed by atoms with Crippen molar-refractivity contribution in [2.75, 3.05) is 19.6 Å². The highest BCUT2D eigenvalue weighted by atomic mass is 19.3. The highest BCUT2D eigenvalue weighted by Crippen LogP contribution is 2.31. The van der Waals surface area contributed by atoms with Gasteiger partial charge in [0.15, 0.2) is 0 Å². The second-order valence-corrected chi connectivity index (χ2v) is 7.47. The minimum atomic E-state index is -3.01. The maximum absolute atomic E-state index is 14.1. The van der Waals surface area contributed by atoms with Crippen molar-refractivity contribution in [3.63, 3.8) is 0 Å². The van der Waals surface area contributed by atoms with Crippen LogP contribution in [0.25, 0.3) is 0 Å². The fourth-order valence-electron chi connectivity index (χ4n) is 3.14. The second kappa shape index (κ2) is 6.61. The Kier molecular flexibility index (Phi) is 5.16. The van der Waals surface area contributed by atoms with E-state index in [0.29, 0.717) is 13.0 Å². The van der Waals surface area contributed by atoms with E-state index in [2.05, 4.69) is 0 Å². The first-order chi connectivity index (χ1) is 10.6. The van der Waals surface area contributed by atoms with E-state index >= 15 is 0 Å². The zero-order valence-corrected chi connectivity index (χ0v) is 14.1. The van der Waals surface area contributed by atoms with E-state index in [-0.39, 0.29) is 12.5 Å². The van der Waals surface area contributed by atoms with Crippen LogP contribution in [0, 0.1) is 0 Å². The summed E-state index contributed by atoms with van der Waals surface area (Å²) < 4.78 is 33.4. The molecule has 132 valence electrons. The molecule has 2 saturated heterocycles. The summed E-state index contributed by atoms with van der Waals surface area (Å²) in [4.78, 5) is 26.9. The first kappa shape index (κ1) is 17.9. The number of rotatable bonds is 1. The molecule has 2 aliphatic rings. The van der Waals surface area contributed by atoms with Gasteiger partial charge in [0, 0.05) is 25.9 Å². The predicted molar refractivity (Wildman–Crippen MR) is 81.3 cm³/mol. The number of piperidine rings is 1. The number of amides is 2. The van der Waals surface area contributed by atoms with Gasteiger partial charge in [-0.2, -0.15) is 0 Å². The van der Waals surface area contributed by atoms with Crippen molar-refractivity contribution in [1.82, 2.24) is 9.80 Å². The molecule has 23 heavy (non-hydrogen) atoms. The van der Waals surface area contributed by atoms with E-state index in [1.54, 1.807) is 20.8 Å². The Balaban J connectivity index is 2.11. The van der Waals surface area contributed by atoms with Crippen LogP contribution in [0.2, 0.25) is 0 Å². The molecule has 0 unspecified atom stereocenters. The molecule has 2 aliphatic heterocycles. The van der Waals surface area contributed by atoms with Gasteiger partial charge in [0.2, 0.25) is 5.91 Å². The zero-order valence-electron chi connectivity index (χ0n) is 14.1. The molecular weight excluding hydrogens is 306 g/mol. The minimum absolute atomic E-state index is 0.0886. The van der Waals surface area contributed by atoms with Gasteiger partial charge in [-0.15, -0.1) is 0 Å². The summed E-state index contributed by atoms with van der Waals surface area (Å²) in [6.45, 7) is 5.03. The van der Waals surface area contributed by atoms with Crippen molar-refractivity contribution < 1.29 is 23.1 Å². The third kappa shape index (κ3) is 5.04. The number of carbonyl (C=O) groups excluding carboxylic acids is 2. The molecule has 0 aliphatic carbocycles. The lowest BCUT2D eigenvalue weighted by atomic mass is 10.0. The molecule has 0 spiro atoms. The summed E-state index contributed by atoms with van der Waals surface area (Å²) in [5.41, 5.74) is -0.738. The van der Waals surface area contributed by atoms with E-state index in [1.165, 1.54) is 4.90 Å². The number of likely N-dealkylation sites (tertiary alicyclic amines) is 2. The summed E-state index contributed by atoms with van der Waals surface area (Å²) in [5.74, 6) is -3.10. The monoisotopic (exact) mass is 332 g/mol. The van der Waals surface area contributed by atoms with E-state index in [9.17, 15) is 18.4 Å². The summed E-state index contributed by atoms with van der Waals surface area (Å²) in [7, 11) is 0. The van der Waals surface area contributed by atoms with E-state index in [0.717, 1.165) is 24.2 Å². The van der Waals surface area contributed by atoms with E-state index < -0.39 is 36.6 Å². The Hall–Kier alpha value is -1.40. The van der Waals surface area contributed by atoms with Gasteiger partial charge in [-0.3, -0.25) is 4.79 Å². The van der Waals surface area contributed by atoms with Crippen molar-refractivity contribution in [1.29, 1.82) is 0 Å². The SMILES string of the molecule is CC(C)(C)OC(=O)N1C[C@H](N2CCCCCC2=O)CC(F)(F)C1. The summed E-state index contributed by atoms with van der Waals surface area (Å²) in [6.07, 6.45) is 1.81. The Bertz CT molecular complexity index is 463. The van der Waals surface area contributed by atoms with Gasteiger partial charge in [-0.25, -0.2) is 13.6 Å². The first-order valence-electron chi connectivity index (χ1n) is 8.23. The van der Waals surface area contributed by atoms with Crippen molar-refractivity contribution in [2.24, 2.45) is 0 Å². The van der Waals surface area contributed by atoms with Crippen molar-refractivity contribution in [2.45, 2.75) is 70.4 Å². The number of carbonyl (C=O) groups is 2. The molecule has 5 nitrogen and oxygen atoms in total. The number of alkyl halides is 2. The molecule has 0 aromatic rings. The van der Waals surface area contributed by atoms with Crippen molar-refractivity contribution in [3.05, 3.63) is 0 Å². The molecular formula is C16H26F2N2O3. The van der Waals surface area contributed by atoms with E-state index in [4.69, 9.17) is 4.74 Å². The maximum Gasteiger partial charge on any atom is 0.410 e. The molecule has 0 aromatic heterocycles. The highest BCUT2D eigenvalue weighted by molar-refractivity contribution is 5.77. The van der Waals surface area contributed by atoms with Gasteiger partial charge in [-0.1, -0.05) is 6.42 Å². The number of hydrogen-bond donors (Lipinski definition) is 0. The summed E-state index contributed by atoms with van der Waals surface area (Å²) >= 11 is 0. The minimum Gasteiger partial charge on any atom is -0.444 e. The van der Waals surface area contributed by atoms with Crippen LogP contribution in [0.1, 0.15) is 52.9 Å². The quantitative estimate of drug-likeness (QED) is 0.741. The average Bonchev–Trinajstić information content (AvgIpc) is 2.59. The van der Waals surface area contributed by atoms with Gasteiger partial charge in [0.05, 0.1) is 12.6 Å². The van der Waals surface area contributed by atoms with E-state index in [1.807, 2.05) is 0 Å². The lowest BCUT2D eigenvalue weighted by molar-refractivity contribution is -0.140. The third-order valence-corrected chi connectivity index (χ3v) is 4.09. The molecule has 7 heteroatoms. The van der Waals surface area contributed by atoms with Gasteiger partial charge >= 0.3 is 6.09 Å². The molecule has 2 rings (SSSR count). The number of ether oxygens (including phenoxy) is 1. The highest BCUT2D eigenvalue weighted by Gasteiger charge is 2.45. The van der Waals surface area contributed by atoms with Gasteiger partial charge in [0.1, 0.15) is 5.60 Å². The molecule has 0 radical (unpaired) electrons. The van der Waals surface area contributed by atoms with Crippen LogP contribution >= 0.6 is 0 Å². The Morgan fingerprint density at radius 2 is 1.96 bits per heavy atom. The topological polar surface area (TPSA) is 49.9 Å². The molecule has 0 saturated carbocycles. The van der Waals surface area contributed by atoms with Crippen LogP contribution in [0.3, 0.4) is 0 Å². The second-order valence-electron chi connectivity index (χ2n) is 7.47. The number of nitrogens with zero attached hydrogens (tertiary/aromatic N) is 2. The molecule has 0 bridgehead atoms. The molecule has 2 fully saturated rings. The number of halogens is 2. The van der Waals surface area contributed by atoms with Crippen LogP contribution in [0.4, 0.5) is 13.6 Å². The lowest BCUT2D eigenvalue weighted by Gasteiger charge is -2.42. The molecule has 2 amide bonds. The Morgan fingerprint density at radius 3 is 2.61 bits per heavy atom. The largest absolute Gasteiger partial charge is 0.444 e. The first-order valence-corrected chi connectivity index (χ1v) is 8.23. The normalized spacial score (nSPS) is 26.0. The molecule has 0 N–H and O–H groups in total. The summed E-state index contributed by atoms with van der Waals surface area (Å²) in [6, 6.07) is -0.642. The van der Waals surface area contributed by atoms with Crippen LogP contribution in [-0.2, 0) is 9.53 Å². The maximum atomic E-state index is 14.1. The third-order valence-electron chi connectivity index (χ3n) is 4.09. The molecule has 0 aromatic carbocycles. The van der Waals surface area contributed by atoms with Crippen LogP contribution < -0.4 is 0 Å². The van der Waals surface area contributed by atoms with Crippen molar-refractivity contribution >= 4 is 12.0 Å². The smallest absolute Gasteiger partial charge is 0.410 e. The Labute approximate surface area is 135 Å².